The fourth-order valence-corrected chi connectivity index (χ4v) is 5.18. The van der Waals surface area contributed by atoms with Crippen molar-refractivity contribution < 1.29 is 17.9 Å². The zero-order valence-corrected chi connectivity index (χ0v) is 20.8. The number of urea groups is 1. The molecule has 6 nitrogen and oxygen atoms in total. The number of hydrogen-bond donors (Lipinski definition) is 2. The van der Waals surface area contributed by atoms with Crippen molar-refractivity contribution in [1.29, 1.82) is 0 Å². The predicted molar refractivity (Wildman–Crippen MR) is 135 cm³/mol. The van der Waals surface area contributed by atoms with Gasteiger partial charge in [-0.05, 0) is 71.2 Å². The number of carbonyl (C=O) groups excluding carboxylic acids is 1. The van der Waals surface area contributed by atoms with Crippen LogP contribution in [0.25, 0.3) is 11.1 Å². The maximum atomic E-state index is 12.9. The van der Waals surface area contributed by atoms with Gasteiger partial charge >= 0.3 is 6.03 Å². The number of ether oxygens (including phenoxy) is 1. The molecular weight excluding hydrogens is 448 g/mol. The molecule has 0 bridgehead atoms. The van der Waals surface area contributed by atoms with Gasteiger partial charge in [0.1, 0.15) is 5.75 Å². The van der Waals surface area contributed by atoms with E-state index < -0.39 is 16.1 Å². The van der Waals surface area contributed by atoms with Gasteiger partial charge in [-0.2, -0.15) is 0 Å². The van der Waals surface area contributed by atoms with E-state index in [1.165, 1.54) is 17.7 Å². The first-order chi connectivity index (χ1) is 16.1. The average Bonchev–Trinajstić information content (AvgIpc) is 3.28. The monoisotopic (exact) mass is 478 g/mol. The van der Waals surface area contributed by atoms with Crippen LogP contribution in [-0.4, -0.2) is 21.6 Å². The van der Waals surface area contributed by atoms with Crippen molar-refractivity contribution in [2.45, 2.75) is 50.3 Å². The number of amides is 2. The summed E-state index contributed by atoms with van der Waals surface area (Å²) in [6, 6.07) is 17.4. The van der Waals surface area contributed by atoms with Crippen LogP contribution in [0.1, 0.15) is 43.9 Å². The largest absolute Gasteiger partial charge is 0.497 e. The highest BCUT2D eigenvalue weighted by atomic mass is 32.2. The number of benzene rings is 3. The normalized spacial score (nSPS) is 13.3. The van der Waals surface area contributed by atoms with Crippen molar-refractivity contribution in [3.63, 3.8) is 0 Å². The summed E-state index contributed by atoms with van der Waals surface area (Å²) in [6.45, 7) is 6.17. The molecule has 2 N–H and O–H groups in total. The first-order valence-corrected chi connectivity index (χ1v) is 12.8. The molecule has 0 radical (unpaired) electrons. The van der Waals surface area contributed by atoms with Crippen LogP contribution in [0.4, 0.5) is 10.5 Å². The standard InChI is InChI=1S/C27H30N2O4S/c1-27(2,3)20-11-15-22(16-12-20)34(31,32)29-26(30)28-25-23-7-5-6-18(23)10-17-24(25)19-8-13-21(33-4)14-9-19/h8-17H,5-7H2,1-4H3,(H2,28,29,30). The van der Waals surface area contributed by atoms with Gasteiger partial charge in [0.05, 0.1) is 17.7 Å². The molecule has 0 unspecified atom stereocenters. The Balaban J connectivity index is 1.60. The minimum atomic E-state index is -4.02. The Bertz CT molecular complexity index is 1310. The van der Waals surface area contributed by atoms with E-state index in [0.717, 1.165) is 47.3 Å². The summed E-state index contributed by atoms with van der Waals surface area (Å²) in [5.41, 5.74) is 5.54. The molecule has 0 heterocycles. The Labute approximate surface area is 201 Å². The first kappa shape index (κ1) is 23.8. The molecular formula is C27H30N2O4S. The molecule has 3 aromatic rings. The van der Waals surface area contributed by atoms with E-state index >= 15 is 0 Å². The van der Waals surface area contributed by atoms with E-state index in [2.05, 4.69) is 36.9 Å². The third kappa shape index (κ3) is 4.94. The number of nitrogens with one attached hydrogen (secondary N) is 2. The third-order valence-corrected chi connectivity index (χ3v) is 7.53. The maximum absolute atomic E-state index is 12.9. The van der Waals surface area contributed by atoms with Crippen molar-refractivity contribution in [2.75, 3.05) is 12.4 Å². The second-order valence-electron chi connectivity index (χ2n) is 9.54. The van der Waals surface area contributed by atoms with Crippen LogP contribution in [0.15, 0.2) is 65.6 Å². The summed E-state index contributed by atoms with van der Waals surface area (Å²) in [5, 5.41) is 2.84. The van der Waals surface area contributed by atoms with Gasteiger partial charge in [-0.1, -0.05) is 57.2 Å². The lowest BCUT2D eigenvalue weighted by atomic mass is 9.87. The zero-order chi connectivity index (χ0) is 24.5. The molecule has 1 aliphatic rings. The first-order valence-electron chi connectivity index (χ1n) is 11.3. The molecule has 1 aliphatic carbocycles. The van der Waals surface area contributed by atoms with Crippen molar-refractivity contribution in [3.8, 4) is 16.9 Å². The van der Waals surface area contributed by atoms with Crippen molar-refractivity contribution in [2.24, 2.45) is 0 Å². The predicted octanol–water partition coefficient (Wildman–Crippen LogP) is 5.66. The van der Waals surface area contributed by atoms with Gasteiger partial charge in [-0.3, -0.25) is 0 Å². The smallest absolute Gasteiger partial charge is 0.333 e. The van der Waals surface area contributed by atoms with E-state index in [9.17, 15) is 13.2 Å². The van der Waals surface area contributed by atoms with Gasteiger partial charge in [-0.15, -0.1) is 0 Å². The third-order valence-electron chi connectivity index (χ3n) is 6.18. The number of hydrogen-bond acceptors (Lipinski definition) is 4. The summed E-state index contributed by atoms with van der Waals surface area (Å²) in [7, 11) is -2.41. The van der Waals surface area contributed by atoms with Crippen molar-refractivity contribution in [1.82, 2.24) is 4.72 Å². The van der Waals surface area contributed by atoms with Crippen LogP contribution < -0.4 is 14.8 Å². The molecule has 0 aromatic heterocycles. The number of fused-ring (bicyclic) bond motifs is 1. The van der Waals surface area contributed by atoms with Gasteiger partial charge in [-0.25, -0.2) is 17.9 Å². The Morgan fingerprint density at radius 2 is 1.59 bits per heavy atom. The molecule has 178 valence electrons. The van der Waals surface area contributed by atoms with Crippen LogP contribution in [0.3, 0.4) is 0 Å². The maximum Gasteiger partial charge on any atom is 0.333 e. The van der Waals surface area contributed by atoms with Gasteiger partial charge in [0.2, 0.25) is 0 Å². The van der Waals surface area contributed by atoms with Gasteiger partial charge in [0, 0.05) is 5.56 Å². The highest BCUT2D eigenvalue weighted by molar-refractivity contribution is 7.90. The number of anilines is 1. The number of methoxy groups -OCH3 is 1. The minimum absolute atomic E-state index is 0.0457. The lowest BCUT2D eigenvalue weighted by Crippen LogP contribution is -2.34. The Morgan fingerprint density at radius 1 is 0.912 bits per heavy atom. The summed E-state index contributed by atoms with van der Waals surface area (Å²) in [6.07, 6.45) is 2.76. The molecule has 34 heavy (non-hydrogen) atoms. The summed E-state index contributed by atoms with van der Waals surface area (Å²) < 4.78 is 33.2. The second kappa shape index (κ2) is 9.14. The summed E-state index contributed by atoms with van der Waals surface area (Å²) in [5.74, 6) is 0.737. The fourth-order valence-electron chi connectivity index (χ4n) is 4.27. The van der Waals surface area contributed by atoms with Crippen LogP contribution in [0, 0.1) is 0 Å². The molecule has 3 aromatic carbocycles. The average molecular weight is 479 g/mol. The van der Waals surface area contributed by atoms with E-state index in [0.29, 0.717) is 5.69 Å². The van der Waals surface area contributed by atoms with E-state index in [1.807, 2.05) is 30.3 Å². The number of rotatable bonds is 5. The second-order valence-corrected chi connectivity index (χ2v) is 11.2. The molecule has 0 saturated heterocycles. The minimum Gasteiger partial charge on any atom is -0.497 e. The number of carbonyl (C=O) groups is 1. The molecule has 0 spiro atoms. The molecule has 0 saturated carbocycles. The highest BCUT2D eigenvalue weighted by Crippen LogP contribution is 2.38. The van der Waals surface area contributed by atoms with Crippen LogP contribution in [0.5, 0.6) is 5.75 Å². The molecule has 0 atom stereocenters. The Hall–Kier alpha value is -3.32. The quantitative estimate of drug-likeness (QED) is 0.496. The topological polar surface area (TPSA) is 84.5 Å². The number of sulfonamides is 1. The Morgan fingerprint density at radius 3 is 2.21 bits per heavy atom. The van der Waals surface area contributed by atoms with Gasteiger partial charge in [0.15, 0.2) is 0 Å². The summed E-state index contributed by atoms with van der Waals surface area (Å²) >= 11 is 0. The molecule has 7 heteroatoms. The molecule has 4 rings (SSSR count). The van der Waals surface area contributed by atoms with Crippen LogP contribution >= 0.6 is 0 Å². The molecule has 0 fully saturated rings. The van der Waals surface area contributed by atoms with Gasteiger partial charge in [0.25, 0.3) is 10.0 Å². The Kier molecular flexibility index (Phi) is 6.41. The van der Waals surface area contributed by atoms with Gasteiger partial charge < -0.3 is 10.1 Å². The number of aryl methyl sites for hydroxylation is 1. The molecule has 0 aliphatic heterocycles. The SMILES string of the molecule is COc1ccc(-c2ccc3c(c2NC(=O)NS(=O)(=O)c2ccc(C(C)(C)C)cc2)CCC3)cc1. The molecule has 2 amide bonds. The van der Waals surface area contributed by atoms with Crippen LogP contribution in [-0.2, 0) is 28.3 Å². The van der Waals surface area contributed by atoms with E-state index in [1.54, 1.807) is 19.2 Å². The van der Waals surface area contributed by atoms with E-state index in [4.69, 9.17) is 4.74 Å². The lowest BCUT2D eigenvalue weighted by molar-refractivity contribution is 0.256. The zero-order valence-electron chi connectivity index (χ0n) is 19.9. The van der Waals surface area contributed by atoms with Crippen molar-refractivity contribution in [3.05, 3.63) is 77.4 Å². The van der Waals surface area contributed by atoms with E-state index in [-0.39, 0.29) is 10.3 Å². The van der Waals surface area contributed by atoms with Crippen LogP contribution in [0.2, 0.25) is 0 Å². The summed E-state index contributed by atoms with van der Waals surface area (Å²) in [4.78, 5) is 12.9. The highest BCUT2D eigenvalue weighted by Gasteiger charge is 2.23. The fraction of sp³-hybridized carbons (Fsp3) is 0.296. The lowest BCUT2D eigenvalue weighted by Gasteiger charge is -2.19. The van der Waals surface area contributed by atoms with Crippen molar-refractivity contribution >= 4 is 21.7 Å².